The molecule has 2 aromatic rings. The fourth-order valence-corrected chi connectivity index (χ4v) is 3.51. The lowest BCUT2D eigenvalue weighted by Gasteiger charge is -2.30. The summed E-state index contributed by atoms with van der Waals surface area (Å²) in [7, 11) is 4.43. The molecule has 10 nitrogen and oxygen atoms in total. The highest BCUT2D eigenvalue weighted by atomic mass is 16.5. The summed E-state index contributed by atoms with van der Waals surface area (Å²) in [5.41, 5.74) is 0.314. The molecule has 32 heavy (non-hydrogen) atoms. The van der Waals surface area contributed by atoms with E-state index in [1.54, 1.807) is 34.7 Å². The summed E-state index contributed by atoms with van der Waals surface area (Å²) in [5, 5.41) is 2.79. The van der Waals surface area contributed by atoms with Gasteiger partial charge in [-0.15, -0.1) is 0 Å². The molecule has 0 aliphatic carbocycles. The smallest absolute Gasteiger partial charge is 0.270 e. The van der Waals surface area contributed by atoms with Gasteiger partial charge in [-0.2, -0.15) is 0 Å². The minimum atomic E-state index is -0.341. The lowest BCUT2D eigenvalue weighted by molar-refractivity contribution is 0.0696. The van der Waals surface area contributed by atoms with Gasteiger partial charge in [-0.3, -0.25) is 14.4 Å². The van der Waals surface area contributed by atoms with Crippen molar-refractivity contribution in [3.63, 3.8) is 0 Å². The molecular formula is C22H27N3O7. The monoisotopic (exact) mass is 445 g/mol. The summed E-state index contributed by atoms with van der Waals surface area (Å²) >= 11 is 0. The Hall–Kier alpha value is -3.69. The molecule has 0 radical (unpaired) electrons. The number of aromatic nitrogens is 1. The third kappa shape index (κ3) is 4.63. The molecule has 1 aromatic heterocycles. The van der Waals surface area contributed by atoms with Gasteiger partial charge in [0, 0.05) is 37.8 Å². The number of pyridine rings is 1. The normalized spacial score (nSPS) is 12.8. The van der Waals surface area contributed by atoms with Crippen LogP contribution in [-0.4, -0.2) is 68.9 Å². The van der Waals surface area contributed by atoms with Crippen molar-refractivity contribution in [1.82, 2.24) is 14.8 Å². The van der Waals surface area contributed by atoms with E-state index in [2.05, 4.69) is 5.32 Å². The summed E-state index contributed by atoms with van der Waals surface area (Å²) in [6.07, 6.45) is 1.57. The molecule has 10 heteroatoms. The van der Waals surface area contributed by atoms with E-state index in [1.165, 1.54) is 27.4 Å². The standard InChI is InChI=1S/C22H27N3O7/c1-5-32-19-13-25-9-8-24(22(28)15(25)12-16(19)26)7-6-23-21(27)14-10-17(29-2)20(31-4)18(11-14)30-3/h10-13H,5-9H2,1-4H3,(H,23,27). The Morgan fingerprint density at radius 2 is 1.69 bits per heavy atom. The van der Waals surface area contributed by atoms with Gasteiger partial charge in [-0.25, -0.2) is 0 Å². The number of ether oxygens (including phenoxy) is 4. The van der Waals surface area contributed by atoms with Crippen molar-refractivity contribution in [2.24, 2.45) is 0 Å². The highest BCUT2D eigenvalue weighted by molar-refractivity contribution is 5.96. The van der Waals surface area contributed by atoms with Gasteiger partial charge < -0.3 is 33.7 Å². The average Bonchev–Trinajstić information content (AvgIpc) is 2.80. The zero-order chi connectivity index (χ0) is 23.3. The molecule has 1 aliphatic rings. The van der Waals surface area contributed by atoms with E-state index in [4.69, 9.17) is 18.9 Å². The average molecular weight is 445 g/mol. The van der Waals surface area contributed by atoms with Crippen LogP contribution in [0.3, 0.4) is 0 Å². The molecule has 0 unspecified atom stereocenters. The van der Waals surface area contributed by atoms with Crippen LogP contribution in [-0.2, 0) is 6.54 Å². The molecular weight excluding hydrogens is 418 g/mol. The zero-order valence-corrected chi connectivity index (χ0v) is 18.6. The van der Waals surface area contributed by atoms with Gasteiger partial charge in [0.15, 0.2) is 17.2 Å². The fraction of sp³-hybridized carbons (Fsp3) is 0.409. The molecule has 0 bridgehead atoms. The van der Waals surface area contributed by atoms with Gasteiger partial charge >= 0.3 is 0 Å². The zero-order valence-electron chi connectivity index (χ0n) is 18.6. The van der Waals surface area contributed by atoms with Crippen LogP contribution in [0.4, 0.5) is 0 Å². The molecule has 3 rings (SSSR count). The fourth-order valence-electron chi connectivity index (χ4n) is 3.51. The first-order chi connectivity index (χ1) is 15.4. The minimum absolute atomic E-state index is 0.232. The molecule has 0 spiro atoms. The number of nitrogens with one attached hydrogen (secondary N) is 1. The van der Waals surface area contributed by atoms with Gasteiger partial charge in [-0.1, -0.05) is 0 Å². The minimum Gasteiger partial charge on any atom is -0.493 e. The number of benzene rings is 1. The predicted octanol–water partition coefficient (Wildman–Crippen LogP) is 1.16. The van der Waals surface area contributed by atoms with Crippen LogP contribution in [0.1, 0.15) is 27.8 Å². The van der Waals surface area contributed by atoms with E-state index >= 15 is 0 Å². The molecule has 0 saturated heterocycles. The van der Waals surface area contributed by atoms with Crippen LogP contribution in [0.25, 0.3) is 0 Å². The first-order valence-corrected chi connectivity index (χ1v) is 10.2. The quantitative estimate of drug-likeness (QED) is 0.617. The first-order valence-electron chi connectivity index (χ1n) is 10.2. The number of fused-ring (bicyclic) bond motifs is 1. The second-order valence-electron chi connectivity index (χ2n) is 6.98. The van der Waals surface area contributed by atoms with Crippen molar-refractivity contribution in [2.75, 3.05) is 47.6 Å². The Kier molecular flexibility index (Phi) is 7.24. The van der Waals surface area contributed by atoms with Crippen molar-refractivity contribution >= 4 is 11.8 Å². The second-order valence-corrected chi connectivity index (χ2v) is 6.98. The van der Waals surface area contributed by atoms with E-state index in [0.29, 0.717) is 54.7 Å². The Morgan fingerprint density at radius 1 is 1.00 bits per heavy atom. The summed E-state index contributed by atoms with van der Waals surface area (Å²) in [4.78, 5) is 39.2. The Balaban J connectivity index is 1.65. The van der Waals surface area contributed by atoms with Gasteiger partial charge in [-0.05, 0) is 19.1 Å². The number of methoxy groups -OCH3 is 3. The first kappa shape index (κ1) is 23.0. The Bertz CT molecular complexity index is 1040. The maximum absolute atomic E-state index is 12.8. The lowest BCUT2D eigenvalue weighted by atomic mass is 10.1. The number of hydrogen-bond acceptors (Lipinski definition) is 7. The number of rotatable bonds is 9. The van der Waals surface area contributed by atoms with Gasteiger partial charge in [0.2, 0.25) is 11.2 Å². The number of hydrogen-bond donors (Lipinski definition) is 1. The second kappa shape index (κ2) is 10.1. The van der Waals surface area contributed by atoms with Gasteiger partial charge in [0.05, 0.1) is 34.1 Å². The molecule has 1 aliphatic heterocycles. The van der Waals surface area contributed by atoms with Gasteiger partial charge in [0.1, 0.15) is 5.69 Å². The van der Waals surface area contributed by atoms with Crippen molar-refractivity contribution in [1.29, 1.82) is 0 Å². The SMILES string of the molecule is CCOc1cn2c(cc1=O)C(=O)N(CCNC(=O)c1cc(OC)c(OC)c(OC)c1)CC2. The summed E-state index contributed by atoms with van der Waals surface area (Å²) in [5.74, 6) is 0.764. The van der Waals surface area contributed by atoms with Crippen molar-refractivity contribution in [2.45, 2.75) is 13.5 Å². The highest BCUT2D eigenvalue weighted by Crippen LogP contribution is 2.38. The van der Waals surface area contributed by atoms with Crippen molar-refractivity contribution < 1.29 is 28.5 Å². The predicted molar refractivity (Wildman–Crippen MR) is 116 cm³/mol. The van der Waals surface area contributed by atoms with E-state index in [-0.39, 0.29) is 29.5 Å². The van der Waals surface area contributed by atoms with E-state index in [1.807, 2.05) is 0 Å². The van der Waals surface area contributed by atoms with Crippen LogP contribution < -0.4 is 29.7 Å². The maximum Gasteiger partial charge on any atom is 0.270 e. The van der Waals surface area contributed by atoms with Crippen LogP contribution in [0.5, 0.6) is 23.0 Å². The Labute approximate surface area is 185 Å². The van der Waals surface area contributed by atoms with Crippen molar-refractivity contribution in [3.8, 4) is 23.0 Å². The third-order valence-electron chi connectivity index (χ3n) is 5.10. The molecule has 2 heterocycles. The molecule has 0 fully saturated rings. The molecule has 172 valence electrons. The number of amides is 2. The van der Waals surface area contributed by atoms with Gasteiger partial charge in [0.25, 0.3) is 11.8 Å². The molecule has 2 amide bonds. The highest BCUT2D eigenvalue weighted by Gasteiger charge is 2.25. The summed E-state index contributed by atoms with van der Waals surface area (Å²) < 4.78 is 22.9. The van der Waals surface area contributed by atoms with E-state index < -0.39 is 0 Å². The van der Waals surface area contributed by atoms with Crippen LogP contribution in [0, 0.1) is 0 Å². The van der Waals surface area contributed by atoms with Crippen LogP contribution in [0.15, 0.2) is 29.2 Å². The summed E-state index contributed by atoms with van der Waals surface area (Å²) in [6, 6.07) is 4.41. The number of carbonyl (C=O) groups excluding carboxylic acids is 2. The molecule has 1 aromatic carbocycles. The lowest BCUT2D eigenvalue weighted by Crippen LogP contribution is -2.45. The van der Waals surface area contributed by atoms with Crippen LogP contribution >= 0.6 is 0 Å². The maximum atomic E-state index is 12.8. The molecule has 1 N–H and O–H groups in total. The molecule has 0 saturated carbocycles. The van der Waals surface area contributed by atoms with Crippen molar-refractivity contribution in [3.05, 3.63) is 45.9 Å². The Morgan fingerprint density at radius 3 is 2.28 bits per heavy atom. The summed E-state index contributed by atoms with van der Waals surface area (Å²) in [6.45, 7) is 3.70. The topological polar surface area (TPSA) is 108 Å². The molecule has 0 atom stereocenters. The number of carbonyl (C=O) groups is 2. The van der Waals surface area contributed by atoms with Crippen LogP contribution in [0.2, 0.25) is 0 Å². The number of nitrogens with zero attached hydrogens (tertiary/aromatic N) is 2. The largest absolute Gasteiger partial charge is 0.493 e. The third-order valence-corrected chi connectivity index (χ3v) is 5.10. The van der Waals surface area contributed by atoms with E-state index in [0.717, 1.165) is 0 Å². The van der Waals surface area contributed by atoms with E-state index in [9.17, 15) is 14.4 Å².